The summed E-state index contributed by atoms with van der Waals surface area (Å²) in [7, 11) is 0. The number of amides is 1. The van der Waals surface area contributed by atoms with Gasteiger partial charge in [0.25, 0.3) is 0 Å². The summed E-state index contributed by atoms with van der Waals surface area (Å²) >= 11 is 1.26. The summed E-state index contributed by atoms with van der Waals surface area (Å²) in [6.07, 6.45) is -2.73. The van der Waals surface area contributed by atoms with E-state index in [0.717, 1.165) is 4.88 Å². The monoisotopic (exact) mass is 253 g/mol. The number of halogens is 3. The van der Waals surface area contributed by atoms with E-state index >= 15 is 0 Å². The van der Waals surface area contributed by atoms with Gasteiger partial charge in [-0.1, -0.05) is 0 Å². The third-order valence-electron chi connectivity index (χ3n) is 1.48. The zero-order valence-electron chi connectivity index (χ0n) is 8.39. The number of anilines is 1. The van der Waals surface area contributed by atoms with Crippen LogP contribution >= 0.6 is 11.3 Å². The Labute approximate surface area is 93.9 Å². The number of carbonyl (C=O) groups excluding carboxylic acids is 1. The summed E-state index contributed by atoms with van der Waals surface area (Å²) in [6, 6.07) is 0. The van der Waals surface area contributed by atoms with Crippen LogP contribution in [0.4, 0.5) is 18.3 Å². The summed E-state index contributed by atoms with van der Waals surface area (Å²) in [5, 5.41) is 4.77. The minimum absolute atomic E-state index is 0.385. The Bertz CT molecular complexity index is 364. The van der Waals surface area contributed by atoms with Crippen LogP contribution in [0.25, 0.3) is 0 Å². The largest absolute Gasteiger partial charge is 0.401 e. The summed E-state index contributed by atoms with van der Waals surface area (Å²) < 4.78 is 35.2. The summed E-state index contributed by atoms with van der Waals surface area (Å²) in [5.74, 6) is -0.543. The molecule has 1 aromatic heterocycles. The van der Waals surface area contributed by atoms with Crippen LogP contribution in [0, 0.1) is 6.92 Å². The SMILES string of the molecule is Cc1cnc(NC(=O)CNCC(F)(F)F)s1. The molecule has 4 nitrogen and oxygen atoms in total. The molecule has 1 rings (SSSR count). The van der Waals surface area contributed by atoms with Crippen LogP contribution in [-0.4, -0.2) is 30.2 Å². The normalized spacial score (nSPS) is 11.5. The van der Waals surface area contributed by atoms with Crippen molar-refractivity contribution in [2.24, 2.45) is 0 Å². The number of alkyl halides is 3. The van der Waals surface area contributed by atoms with E-state index in [9.17, 15) is 18.0 Å². The van der Waals surface area contributed by atoms with Crippen LogP contribution in [0.15, 0.2) is 6.20 Å². The topological polar surface area (TPSA) is 54.0 Å². The molecule has 1 amide bonds. The van der Waals surface area contributed by atoms with Crippen molar-refractivity contribution in [1.82, 2.24) is 10.3 Å². The second kappa shape index (κ2) is 5.26. The van der Waals surface area contributed by atoms with Gasteiger partial charge in [-0.3, -0.25) is 4.79 Å². The molecule has 16 heavy (non-hydrogen) atoms. The molecule has 0 bridgehead atoms. The van der Waals surface area contributed by atoms with Crippen molar-refractivity contribution in [3.8, 4) is 0 Å². The average molecular weight is 253 g/mol. The Morgan fingerprint density at radius 3 is 2.75 bits per heavy atom. The fraction of sp³-hybridized carbons (Fsp3) is 0.500. The molecule has 0 aromatic carbocycles. The highest BCUT2D eigenvalue weighted by Gasteiger charge is 2.26. The molecule has 0 atom stereocenters. The van der Waals surface area contributed by atoms with Gasteiger partial charge >= 0.3 is 6.18 Å². The van der Waals surface area contributed by atoms with E-state index < -0.39 is 25.2 Å². The van der Waals surface area contributed by atoms with Crippen LogP contribution in [0.1, 0.15) is 4.88 Å². The number of aromatic nitrogens is 1. The Kier molecular flexibility index (Phi) is 4.25. The summed E-state index contributed by atoms with van der Waals surface area (Å²) in [5.41, 5.74) is 0. The number of carbonyl (C=O) groups is 1. The first-order valence-electron chi connectivity index (χ1n) is 4.36. The molecule has 0 aliphatic heterocycles. The number of thiazole rings is 1. The van der Waals surface area contributed by atoms with Gasteiger partial charge in [0.05, 0.1) is 13.1 Å². The van der Waals surface area contributed by atoms with Crippen LogP contribution in [0.2, 0.25) is 0 Å². The van der Waals surface area contributed by atoms with E-state index in [1.165, 1.54) is 11.3 Å². The number of hydrogen-bond acceptors (Lipinski definition) is 4. The van der Waals surface area contributed by atoms with Crippen molar-refractivity contribution in [3.05, 3.63) is 11.1 Å². The van der Waals surface area contributed by atoms with Crippen molar-refractivity contribution >= 4 is 22.4 Å². The van der Waals surface area contributed by atoms with Crippen molar-refractivity contribution < 1.29 is 18.0 Å². The Morgan fingerprint density at radius 2 is 2.25 bits per heavy atom. The molecule has 0 saturated heterocycles. The second-order valence-electron chi connectivity index (χ2n) is 3.04. The molecule has 1 aromatic rings. The molecular weight excluding hydrogens is 243 g/mol. The van der Waals surface area contributed by atoms with Gasteiger partial charge in [-0.25, -0.2) is 4.98 Å². The fourth-order valence-electron chi connectivity index (χ4n) is 0.894. The predicted octanol–water partition coefficient (Wildman–Crippen LogP) is 1.54. The third-order valence-corrected chi connectivity index (χ3v) is 2.31. The first-order valence-corrected chi connectivity index (χ1v) is 5.18. The molecule has 0 unspecified atom stereocenters. The average Bonchev–Trinajstić information content (AvgIpc) is 2.48. The van der Waals surface area contributed by atoms with Gasteiger partial charge < -0.3 is 10.6 Å². The first-order chi connectivity index (χ1) is 7.37. The lowest BCUT2D eigenvalue weighted by atomic mass is 10.5. The van der Waals surface area contributed by atoms with Gasteiger partial charge in [0.15, 0.2) is 5.13 Å². The molecule has 90 valence electrons. The number of rotatable bonds is 4. The van der Waals surface area contributed by atoms with Gasteiger partial charge in [0, 0.05) is 11.1 Å². The Morgan fingerprint density at radius 1 is 1.56 bits per heavy atom. The number of nitrogens with zero attached hydrogens (tertiary/aromatic N) is 1. The number of nitrogens with one attached hydrogen (secondary N) is 2. The van der Waals surface area contributed by atoms with Gasteiger partial charge in [-0.05, 0) is 6.92 Å². The maximum absolute atomic E-state index is 11.7. The minimum Gasteiger partial charge on any atom is -0.301 e. The van der Waals surface area contributed by atoms with E-state index in [0.29, 0.717) is 5.13 Å². The fourth-order valence-corrected chi connectivity index (χ4v) is 1.57. The van der Waals surface area contributed by atoms with E-state index in [1.54, 1.807) is 6.20 Å². The summed E-state index contributed by atoms with van der Waals surface area (Å²) in [4.78, 5) is 15.9. The minimum atomic E-state index is -4.31. The number of aryl methyl sites for hydroxylation is 1. The molecule has 1 heterocycles. The maximum atomic E-state index is 11.7. The van der Waals surface area contributed by atoms with Crippen molar-refractivity contribution in [3.63, 3.8) is 0 Å². The highest BCUT2D eigenvalue weighted by atomic mass is 32.1. The third kappa shape index (κ3) is 5.08. The molecule has 0 radical (unpaired) electrons. The Hall–Kier alpha value is -1.15. The molecule has 0 spiro atoms. The summed E-state index contributed by atoms with van der Waals surface area (Å²) in [6.45, 7) is 0.241. The van der Waals surface area contributed by atoms with Gasteiger partial charge in [-0.2, -0.15) is 13.2 Å². The van der Waals surface area contributed by atoms with Crippen LogP contribution in [0.3, 0.4) is 0 Å². The lowest BCUT2D eigenvalue weighted by molar-refractivity contribution is -0.126. The van der Waals surface area contributed by atoms with E-state index in [-0.39, 0.29) is 0 Å². The van der Waals surface area contributed by atoms with E-state index in [1.807, 2.05) is 12.2 Å². The molecule has 0 aliphatic rings. The zero-order chi connectivity index (χ0) is 12.2. The lowest BCUT2D eigenvalue weighted by Crippen LogP contribution is -2.35. The van der Waals surface area contributed by atoms with Gasteiger partial charge in [-0.15, -0.1) is 11.3 Å². The van der Waals surface area contributed by atoms with Crippen molar-refractivity contribution in [2.45, 2.75) is 13.1 Å². The lowest BCUT2D eigenvalue weighted by Gasteiger charge is -2.07. The standard InChI is InChI=1S/C8H10F3N3OS/c1-5-2-13-7(16-5)14-6(15)3-12-4-8(9,10)11/h2,12H,3-4H2,1H3,(H,13,14,15). The molecule has 2 N–H and O–H groups in total. The zero-order valence-corrected chi connectivity index (χ0v) is 9.21. The highest BCUT2D eigenvalue weighted by Crippen LogP contribution is 2.16. The van der Waals surface area contributed by atoms with Crippen LogP contribution < -0.4 is 10.6 Å². The molecular formula is C8H10F3N3OS. The quantitative estimate of drug-likeness (QED) is 0.855. The highest BCUT2D eigenvalue weighted by molar-refractivity contribution is 7.15. The number of hydrogen-bond donors (Lipinski definition) is 2. The molecule has 0 saturated carbocycles. The molecule has 0 fully saturated rings. The van der Waals surface area contributed by atoms with Crippen LogP contribution in [0.5, 0.6) is 0 Å². The van der Waals surface area contributed by atoms with Crippen molar-refractivity contribution in [1.29, 1.82) is 0 Å². The smallest absolute Gasteiger partial charge is 0.301 e. The van der Waals surface area contributed by atoms with Gasteiger partial charge in [0.2, 0.25) is 5.91 Å². The first kappa shape index (κ1) is 12.9. The maximum Gasteiger partial charge on any atom is 0.401 e. The van der Waals surface area contributed by atoms with Crippen molar-refractivity contribution in [2.75, 3.05) is 18.4 Å². The van der Waals surface area contributed by atoms with E-state index in [2.05, 4.69) is 10.3 Å². The second-order valence-corrected chi connectivity index (χ2v) is 4.28. The van der Waals surface area contributed by atoms with Gasteiger partial charge in [0.1, 0.15) is 0 Å². The predicted molar refractivity (Wildman–Crippen MR) is 54.4 cm³/mol. The molecule has 0 aliphatic carbocycles. The molecule has 8 heteroatoms. The Balaban J connectivity index is 2.26. The van der Waals surface area contributed by atoms with Crippen LogP contribution in [-0.2, 0) is 4.79 Å². The van der Waals surface area contributed by atoms with E-state index in [4.69, 9.17) is 0 Å².